The van der Waals surface area contributed by atoms with Crippen LogP contribution in [0.4, 0.5) is 9.18 Å². The van der Waals surface area contributed by atoms with Gasteiger partial charge in [0.15, 0.2) is 0 Å². The molecule has 4 rings (SSSR count). The zero-order valence-electron chi connectivity index (χ0n) is 20.0. The Balaban J connectivity index is 1.54. The molecule has 2 heterocycles. The number of fused-ring (bicyclic) bond motifs is 1. The first-order chi connectivity index (χ1) is 16.1. The monoisotopic (exact) mass is 487 g/mol. The number of rotatable bonds is 5. The van der Waals surface area contributed by atoms with Crippen molar-refractivity contribution >= 4 is 28.6 Å². The largest absolute Gasteiger partial charge is 0.444 e. The summed E-state index contributed by atoms with van der Waals surface area (Å²) in [6.45, 7) is 9.06. The molecule has 1 fully saturated rings. The fourth-order valence-electron chi connectivity index (χ4n) is 4.51. The highest BCUT2D eigenvalue weighted by molar-refractivity contribution is 6.31. The predicted molar refractivity (Wildman–Crippen MR) is 131 cm³/mol. The number of halogens is 2. The molecule has 1 N–H and O–H groups in total. The van der Waals surface area contributed by atoms with E-state index in [1.54, 1.807) is 11.1 Å². The van der Waals surface area contributed by atoms with Crippen LogP contribution in [-0.2, 0) is 14.9 Å². The number of piperidine rings is 1. The fourth-order valence-corrected chi connectivity index (χ4v) is 4.74. The van der Waals surface area contributed by atoms with Gasteiger partial charge < -0.3 is 14.4 Å². The van der Waals surface area contributed by atoms with E-state index in [4.69, 9.17) is 21.1 Å². The maximum atomic E-state index is 13.7. The SMILES string of the molecule is CC(OCC1(c2ccc(F)cc2)CCN(C(=O)OC(C)(C)C)CC1)c1cc(Cl)cc2cn[nH]c12. The third kappa shape index (κ3) is 5.36. The maximum absolute atomic E-state index is 13.7. The van der Waals surface area contributed by atoms with Gasteiger partial charge in [-0.05, 0) is 70.4 Å². The second-order valence-electron chi connectivity index (χ2n) is 10.0. The molecule has 1 aliphatic heterocycles. The normalized spacial score (nSPS) is 17.1. The second kappa shape index (κ2) is 9.55. The molecular formula is C26H31ClFN3O3. The molecule has 1 aromatic heterocycles. The molecule has 1 saturated heterocycles. The van der Waals surface area contributed by atoms with Gasteiger partial charge in [-0.3, -0.25) is 5.10 Å². The van der Waals surface area contributed by atoms with Crippen molar-refractivity contribution in [2.75, 3.05) is 19.7 Å². The van der Waals surface area contributed by atoms with Crippen LogP contribution in [0.5, 0.6) is 0 Å². The summed E-state index contributed by atoms with van der Waals surface area (Å²) < 4.78 is 25.7. The summed E-state index contributed by atoms with van der Waals surface area (Å²) in [7, 11) is 0. The minimum absolute atomic E-state index is 0.247. The van der Waals surface area contributed by atoms with Crippen LogP contribution in [0.2, 0.25) is 5.02 Å². The van der Waals surface area contributed by atoms with E-state index in [0.717, 1.165) is 22.0 Å². The molecule has 0 bridgehead atoms. The van der Waals surface area contributed by atoms with E-state index in [2.05, 4.69) is 10.2 Å². The number of carbonyl (C=O) groups excluding carboxylic acids is 1. The first kappa shape index (κ1) is 24.5. The van der Waals surface area contributed by atoms with Gasteiger partial charge in [-0.2, -0.15) is 5.10 Å². The molecule has 182 valence electrons. The van der Waals surface area contributed by atoms with Gasteiger partial charge >= 0.3 is 6.09 Å². The van der Waals surface area contributed by atoms with E-state index >= 15 is 0 Å². The molecule has 34 heavy (non-hydrogen) atoms. The highest BCUT2D eigenvalue weighted by atomic mass is 35.5. The summed E-state index contributed by atoms with van der Waals surface area (Å²) in [6, 6.07) is 10.3. The molecule has 1 amide bonds. The third-order valence-corrected chi connectivity index (χ3v) is 6.64. The topological polar surface area (TPSA) is 67.4 Å². The summed E-state index contributed by atoms with van der Waals surface area (Å²) in [5.74, 6) is -0.278. The Hall–Kier alpha value is -2.64. The Morgan fingerprint density at radius 3 is 2.56 bits per heavy atom. The number of H-pyrrole nitrogens is 1. The molecule has 0 spiro atoms. The number of benzene rings is 2. The highest BCUT2D eigenvalue weighted by Crippen LogP contribution is 2.38. The number of aromatic nitrogens is 2. The zero-order valence-corrected chi connectivity index (χ0v) is 20.8. The van der Waals surface area contributed by atoms with Gasteiger partial charge in [0.05, 0.1) is 24.4 Å². The smallest absolute Gasteiger partial charge is 0.410 e. The molecule has 0 radical (unpaired) electrons. The molecule has 1 atom stereocenters. The van der Waals surface area contributed by atoms with Crippen molar-refractivity contribution in [2.45, 2.75) is 57.7 Å². The maximum Gasteiger partial charge on any atom is 0.410 e. The average molecular weight is 488 g/mol. The first-order valence-electron chi connectivity index (χ1n) is 11.5. The molecule has 1 unspecified atom stereocenters. The summed E-state index contributed by atoms with van der Waals surface area (Å²) in [6.07, 6.45) is 2.54. The van der Waals surface area contributed by atoms with Gasteiger partial charge in [0.25, 0.3) is 0 Å². The Labute approximate surface area is 204 Å². The van der Waals surface area contributed by atoms with Crippen LogP contribution in [-0.4, -0.2) is 46.5 Å². The Kier molecular flexibility index (Phi) is 6.87. The van der Waals surface area contributed by atoms with E-state index in [9.17, 15) is 9.18 Å². The van der Waals surface area contributed by atoms with Gasteiger partial charge in [0.1, 0.15) is 11.4 Å². The number of likely N-dealkylation sites (tertiary alicyclic amines) is 1. The van der Waals surface area contributed by atoms with Gasteiger partial charge in [-0.1, -0.05) is 23.7 Å². The second-order valence-corrected chi connectivity index (χ2v) is 10.5. The molecule has 0 aliphatic carbocycles. The lowest BCUT2D eigenvalue weighted by atomic mass is 9.73. The highest BCUT2D eigenvalue weighted by Gasteiger charge is 2.39. The van der Waals surface area contributed by atoms with Crippen molar-refractivity contribution in [2.24, 2.45) is 0 Å². The number of carbonyl (C=O) groups is 1. The number of hydrogen-bond acceptors (Lipinski definition) is 4. The summed E-state index contributed by atoms with van der Waals surface area (Å²) in [4.78, 5) is 14.3. The number of nitrogens with zero attached hydrogens (tertiary/aromatic N) is 2. The number of hydrogen-bond donors (Lipinski definition) is 1. The Morgan fingerprint density at radius 1 is 1.24 bits per heavy atom. The summed E-state index contributed by atoms with van der Waals surface area (Å²) >= 11 is 6.32. The minimum Gasteiger partial charge on any atom is -0.444 e. The van der Waals surface area contributed by atoms with Crippen molar-refractivity contribution in [1.29, 1.82) is 0 Å². The van der Waals surface area contributed by atoms with Crippen molar-refractivity contribution in [3.05, 3.63) is 64.6 Å². The van der Waals surface area contributed by atoms with Crippen LogP contribution < -0.4 is 0 Å². The van der Waals surface area contributed by atoms with Gasteiger partial charge in [0, 0.05) is 34.5 Å². The van der Waals surface area contributed by atoms with Crippen LogP contribution in [0.15, 0.2) is 42.6 Å². The molecule has 1 aliphatic rings. The van der Waals surface area contributed by atoms with Crippen molar-refractivity contribution < 1.29 is 18.7 Å². The van der Waals surface area contributed by atoms with Crippen LogP contribution in [0.1, 0.15) is 57.8 Å². The number of nitrogens with one attached hydrogen (secondary N) is 1. The van der Waals surface area contributed by atoms with Crippen molar-refractivity contribution in [3.63, 3.8) is 0 Å². The molecule has 6 nitrogen and oxygen atoms in total. The van der Waals surface area contributed by atoms with Crippen LogP contribution >= 0.6 is 11.6 Å². The Morgan fingerprint density at radius 2 is 1.91 bits per heavy atom. The average Bonchev–Trinajstić information content (AvgIpc) is 3.25. The first-order valence-corrected chi connectivity index (χ1v) is 11.9. The molecule has 2 aromatic carbocycles. The number of aromatic amines is 1. The van der Waals surface area contributed by atoms with Crippen molar-refractivity contribution in [1.82, 2.24) is 15.1 Å². The lowest BCUT2D eigenvalue weighted by Gasteiger charge is -2.42. The van der Waals surface area contributed by atoms with E-state index in [0.29, 0.717) is 37.6 Å². The number of amides is 1. The van der Waals surface area contributed by atoms with E-state index in [-0.39, 0.29) is 23.4 Å². The van der Waals surface area contributed by atoms with Crippen molar-refractivity contribution in [3.8, 4) is 0 Å². The van der Waals surface area contributed by atoms with E-state index < -0.39 is 5.60 Å². The van der Waals surface area contributed by atoms with Gasteiger partial charge in [-0.25, -0.2) is 9.18 Å². The Bertz CT molecular complexity index is 1150. The minimum atomic E-state index is -0.546. The standard InChI is InChI=1S/C26H31ClFN3O3/c1-17(22-14-20(27)13-18-15-29-30-23(18)22)33-16-26(19-5-7-21(28)8-6-19)9-11-31(12-10-26)24(32)34-25(2,3)4/h5-8,13-15,17H,9-12,16H2,1-4H3,(H,29,30). The number of ether oxygens (including phenoxy) is 2. The van der Waals surface area contributed by atoms with Gasteiger partial charge in [-0.15, -0.1) is 0 Å². The van der Waals surface area contributed by atoms with E-state index in [1.165, 1.54) is 12.1 Å². The third-order valence-electron chi connectivity index (χ3n) is 6.42. The summed E-state index contributed by atoms with van der Waals surface area (Å²) in [5.41, 5.74) is 1.93. The van der Waals surface area contributed by atoms with E-state index in [1.807, 2.05) is 52.0 Å². The zero-order chi connectivity index (χ0) is 24.5. The quantitative estimate of drug-likeness (QED) is 0.452. The van der Waals surface area contributed by atoms with Gasteiger partial charge in [0.2, 0.25) is 0 Å². The lowest BCUT2D eigenvalue weighted by Crippen LogP contribution is -2.48. The summed E-state index contributed by atoms with van der Waals surface area (Å²) in [5, 5.41) is 8.71. The fraction of sp³-hybridized carbons (Fsp3) is 0.462. The molecule has 3 aromatic rings. The predicted octanol–water partition coefficient (Wildman–Crippen LogP) is 6.40. The van der Waals surface area contributed by atoms with Crippen LogP contribution in [0, 0.1) is 5.82 Å². The molecule has 8 heteroatoms. The van der Waals surface area contributed by atoms with Crippen LogP contribution in [0.25, 0.3) is 10.9 Å². The molecular weight excluding hydrogens is 457 g/mol. The lowest BCUT2D eigenvalue weighted by molar-refractivity contribution is -0.00933. The molecule has 0 saturated carbocycles. The van der Waals surface area contributed by atoms with Crippen LogP contribution in [0.3, 0.4) is 0 Å².